The fraction of sp³-hybridized carbons (Fsp3) is 0.176. The van der Waals surface area contributed by atoms with Crippen molar-refractivity contribution in [2.45, 2.75) is 6.54 Å². The minimum absolute atomic E-state index is 0.333. The van der Waals surface area contributed by atoms with Gasteiger partial charge in [0.15, 0.2) is 0 Å². The SMILES string of the molecule is COc1ccccc1CN(C)c1ncnc2c(F)cccc12. The highest BCUT2D eigenvalue weighted by molar-refractivity contribution is 5.89. The summed E-state index contributed by atoms with van der Waals surface area (Å²) in [6.45, 7) is 0.604. The predicted octanol–water partition coefficient (Wildman–Crippen LogP) is 3.41. The third-order valence-electron chi connectivity index (χ3n) is 3.56. The number of para-hydroxylation sites is 2. The molecule has 112 valence electrons. The van der Waals surface area contributed by atoms with E-state index in [1.165, 1.54) is 12.4 Å². The fourth-order valence-corrected chi connectivity index (χ4v) is 2.51. The Morgan fingerprint density at radius 3 is 2.73 bits per heavy atom. The van der Waals surface area contributed by atoms with E-state index >= 15 is 0 Å². The Morgan fingerprint density at radius 2 is 1.91 bits per heavy atom. The number of rotatable bonds is 4. The number of halogens is 1. The molecule has 3 rings (SSSR count). The molecule has 0 unspecified atom stereocenters. The molecule has 0 N–H and O–H groups in total. The van der Waals surface area contributed by atoms with Crippen molar-refractivity contribution >= 4 is 16.7 Å². The molecule has 3 aromatic rings. The lowest BCUT2D eigenvalue weighted by Gasteiger charge is -2.21. The number of aromatic nitrogens is 2. The van der Waals surface area contributed by atoms with Crippen LogP contribution in [0.5, 0.6) is 5.75 Å². The third kappa shape index (κ3) is 2.57. The van der Waals surface area contributed by atoms with Crippen molar-refractivity contribution in [3.8, 4) is 5.75 Å². The Bertz CT molecular complexity index is 807. The van der Waals surface area contributed by atoms with Gasteiger partial charge in [0, 0.05) is 24.5 Å². The first-order chi connectivity index (χ1) is 10.7. The van der Waals surface area contributed by atoms with Crippen LogP contribution in [0.4, 0.5) is 10.2 Å². The maximum absolute atomic E-state index is 13.8. The lowest BCUT2D eigenvalue weighted by molar-refractivity contribution is 0.409. The van der Waals surface area contributed by atoms with Crippen molar-refractivity contribution in [2.75, 3.05) is 19.1 Å². The number of hydrogen-bond acceptors (Lipinski definition) is 4. The van der Waals surface area contributed by atoms with Gasteiger partial charge in [0.1, 0.15) is 29.2 Å². The Hall–Kier alpha value is -2.69. The molecule has 4 nitrogen and oxygen atoms in total. The second kappa shape index (κ2) is 5.97. The van der Waals surface area contributed by atoms with Crippen molar-refractivity contribution in [1.29, 1.82) is 0 Å². The molecule has 0 saturated carbocycles. The van der Waals surface area contributed by atoms with Gasteiger partial charge in [0.25, 0.3) is 0 Å². The summed E-state index contributed by atoms with van der Waals surface area (Å²) in [5.74, 6) is 1.17. The summed E-state index contributed by atoms with van der Waals surface area (Å²) in [6, 6.07) is 12.7. The van der Waals surface area contributed by atoms with Crippen LogP contribution in [0.3, 0.4) is 0 Å². The van der Waals surface area contributed by atoms with Gasteiger partial charge in [-0.1, -0.05) is 24.3 Å². The van der Waals surface area contributed by atoms with Gasteiger partial charge in [-0.15, -0.1) is 0 Å². The summed E-state index contributed by atoms with van der Waals surface area (Å²) in [5.41, 5.74) is 1.37. The molecule has 22 heavy (non-hydrogen) atoms. The molecule has 0 saturated heterocycles. The molecule has 0 atom stereocenters. The monoisotopic (exact) mass is 297 g/mol. The van der Waals surface area contributed by atoms with Crippen LogP contribution in [0, 0.1) is 5.82 Å². The highest BCUT2D eigenvalue weighted by Crippen LogP contribution is 2.26. The average molecular weight is 297 g/mol. The van der Waals surface area contributed by atoms with E-state index in [0.29, 0.717) is 23.3 Å². The molecule has 5 heteroatoms. The maximum Gasteiger partial charge on any atom is 0.149 e. The van der Waals surface area contributed by atoms with Crippen molar-refractivity contribution in [3.05, 3.63) is 60.2 Å². The maximum atomic E-state index is 13.8. The molecule has 0 aliphatic carbocycles. The molecule has 0 aliphatic rings. The quantitative estimate of drug-likeness (QED) is 0.739. The van der Waals surface area contributed by atoms with Crippen LogP contribution in [0.2, 0.25) is 0 Å². The predicted molar refractivity (Wildman–Crippen MR) is 84.6 cm³/mol. The highest BCUT2D eigenvalue weighted by Gasteiger charge is 2.13. The van der Waals surface area contributed by atoms with E-state index < -0.39 is 0 Å². The molecular formula is C17H16FN3O. The van der Waals surface area contributed by atoms with Gasteiger partial charge >= 0.3 is 0 Å². The number of fused-ring (bicyclic) bond motifs is 1. The lowest BCUT2D eigenvalue weighted by atomic mass is 10.1. The summed E-state index contributed by atoms with van der Waals surface area (Å²) in [7, 11) is 3.56. The van der Waals surface area contributed by atoms with Crippen LogP contribution in [0.25, 0.3) is 10.9 Å². The zero-order chi connectivity index (χ0) is 15.5. The van der Waals surface area contributed by atoms with E-state index in [1.54, 1.807) is 13.2 Å². The smallest absolute Gasteiger partial charge is 0.149 e. The van der Waals surface area contributed by atoms with Crippen molar-refractivity contribution in [3.63, 3.8) is 0 Å². The van der Waals surface area contributed by atoms with Gasteiger partial charge in [0.2, 0.25) is 0 Å². The van der Waals surface area contributed by atoms with Gasteiger partial charge in [0.05, 0.1) is 7.11 Å². The number of anilines is 1. The first kappa shape index (κ1) is 14.3. The standard InChI is InChI=1S/C17H16FN3O/c1-21(10-12-6-3-4-9-15(12)22-2)17-13-7-5-8-14(18)16(13)19-11-20-17/h3-9,11H,10H2,1-2H3. The van der Waals surface area contributed by atoms with Gasteiger partial charge < -0.3 is 9.64 Å². The van der Waals surface area contributed by atoms with Crippen LogP contribution in [0.1, 0.15) is 5.56 Å². The lowest BCUT2D eigenvalue weighted by Crippen LogP contribution is -2.18. The van der Waals surface area contributed by atoms with Gasteiger partial charge in [-0.3, -0.25) is 0 Å². The van der Waals surface area contributed by atoms with E-state index in [4.69, 9.17) is 4.74 Å². The van der Waals surface area contributed by atoms with Crippen LogP contribution < -0.4 is 9.64 Å². The molecule has 0 bridgehead atoms. The Morgan fingerprint density at radius 1 is 1.09 bits per heavy atom. The van der Waals surface area contributed by atoms with E-state index in [2.05, 4.69) is 9.97 Å². The summed E-state index contributed by atoms with van der Waals surface area (Å²) >= 11 is 0. The van der Waals surface area contributed by atoms with Crippen molar-refractivity contribution in [2.24, 2.45) is 0 Å². The number of benzene rings is 2. The summed E-state index contributed by atoms with van der Waals surface area (Å²) < 4.78 is 19.2. The first-order valence-corrected chi connectivity index (χ1v) is 6.93. The van der Waals surface area contributed by atoms with E-state index in [-0.39, 0.29) is 5.82 Å². The average Bonchev–Trinajstić information content (AvgIpc) is 2.55. The van der Waals surface area contributed by atoms with Gasteiger partial charge in [-0.25, -0.2) is 14.4 Å². The minimum Gasteiger partial charge on any atom is -0.496 e. The fourth-order valence-electron chi connectivity index (χ4n) is 2.51. The van der Waals surface area contributed by atoms with Gasteiger partial charge in [-0.2, -0.15) is 0 Å². The molecule has 0 aliphatic heterocycles. The normalized spacial score (nSPS) is 10.7. The number of ether oxygens (including phenoxy) is 1. The Kier molecular flexibility index (Phi) is 3.87. The Balaban J connectivity index is 1.99. The summed E-state index contributed by atoms with van der Waals surface area (Å²) in [6.07, 6.45) is 1.39. The summed E-state index contributed by atoms with van der Waals surface area (Å²) in [5, 5.41) is 0.694. The molecule has 0 amide bonds. The minimum atomic E-state index is -0.341. The van der Waals surface area contributed by atoms with Crippen LogP contribution in [-0.2, 0) is 6.54 Å². The van der Waals surface area contributed by atoms with Crippen LogP contribution >= 0.6 is 0 Å². The summed E-state index contributed by atoms with van der Waals surface area (Å²) in [4.78, 5) is 10.3. The molecule has 0 fully saturated rings. The Labute approximate surface area is 128 Å². The zero-order valence-electron chi connectivity index (χ0n) is 12.5. The van der Waals surface area contributed by atoms with Crippen molar-refractivity contribution in [1.82, 2.24) is 9.97 Å². The molecule has 1 aromatic heterocycles. The zero-order valence-corrected chi connectivity index (χ0v) is 12.5. The number of methoxy groups -OCH3 is 1. The second-order valence-electron chi connectivity index (χ2n) is 5.00. The number of nitrogens with zero attached hydrogens (tertiary/aromatic N) is 3. The topological polar surface area (TPSA) is 38.2 Å². The molecule has 1 heterocycles. The molecule has 0 radical (unpaired) electrons. The van der Waals surface area contributed by atoms with Crippen LogP contribution in [0.15, 0.2) is 48.8 Å². The van der Waals surface area contributed by atoms with E-state index in [1.807, 2.05) is 42.3 Å². The van der Waals surface area contributed by atoms with Crippen LogP contribution in [-0.4, -0.2) is 24.1 Å². The third-order valence-corrected chi connectivity index (χ3v) is 3.56. The number of hydrogen-bond donors (Lipinski definition) is 0. The first-order valence-electron chi connectivity index (χ1n) is 6.93. The highest BCUT2D eigenvalue weighted by atomic mass is 19.1. The van der Waals surface area contributed by atoms with E-state index in [9.17, 15) is 4.39 Å². The largest absolute Gasteiger partial charge is 0.496 e. The molecular weight excluding hydrogens is 281 g/mol. The molecule has 0 spiro atoms. The van der Waals surface area contributed by atoms with E-state index in [0.717, 1.165) is 11.3 Å². The van der Waals surface area contributed by atoms with Gasteiger partial charge in [-0.05, 0) is 18.2 Å². The van der Waals surface area contributed by atoms with Crippen molar-refractivity contribution < 1.29 is 9.13 Å². The second-order valence-corrected chi connectivity index (χ2v) is 5.00. The molecule has 2 aromatic carbocycles.